The lowest BCUT2D eigenvalue weighted by atomic mass is 10.1. The van der Waals surface area contributed by atoms with Gasteiger partial charge in [0.2, 0.25) is 15.2 Å². The minimum atomic E-state index is -3.55. The van der Waals surface area contributed by atoms with Gasteiger partial charge in [0.15, 0.2) is 0 Å². The summed E-state index contributed by atoms with van der Waals surface area (Å²) in [6, 6.07) is 12.8. The second kappa shape index (κ2) is 8.70. The Bertz CT molecular complexity index is 1120. The summed E-state index contributed by atoms with van der Waals surface area (Å²) in [6.07, 6.45) is 0.532. The van der Waals surface area contributed by atoms with E-state index in [1.807, 2.05) is 6.92 Å². The van der Waals surface area contributed by atoms with E-state index < -0.39 is 10.0 Å². The molecule has 1 aliphatic heterocycles. The molecule has 1 saturated heterocycles. The van der Waals surface area contributed by atoms with Crippen molar-refractivity contribution in [1.82, 2.24) is 13.7 Å². The van der Waals surface area contributed by atoms with Gasteiger partial charge in [-0.3, -0.25) is 0 Å². The molecule has 0 saturated carbocycles. The Morgan fingerprint density at radius 3 is 2.50 bits per heavy atom. The molecule has 0 N–H and O–H groups in total. The first kappa shape index (κ1) is 21.4. The number of piperazine rings is 1. The van der Waals surface area contributed by atoms with Crippen molar-refractivity contribution < 1.29 is 12.8 Å². The molecule has 10 heteroatoms. The van der Waals surface area contributed by atoms with Crippen LogP contribution in [0.25, 0.3) is 0 Å². The summed E-state index contributed by atoms with van der Waals surface area (Å²) in [4.78, 5) is 6.98. The SMILES string of the molecule is CC1CN(c2nc(Cc3ccc(F)cc3)ns2)CCN1S(=O)(=O)c1ccc(Br)cc1. The number of anilines is 1. The Kier molecular flexibility index (Phi) is 6.19. The van der Waals surface area contributed by atoms with E-state index in [1.165, 1.54) is 23.7 Å². The summed E-state index contributed by atoms with van der Waals surface area (Å²) in [5.74, 6) is 0.412. The lowest BCUT2D eigenvalue weighted by Gasteiger charge is -2.38. The summed E-state index contributed by atoms with van der Waals surface area (Å²) in [6.45, 7) is 3.38. The highest BCUT2D eigenvalue weighted by Crippen LogP contribution is 2.26. The van der Waals surface area contributed by atoms with Gasteiger partial charge in [0.25, 0.3) is 0 Å². The van der Waals surface area contributed by atoms with E-state index in [0.717, 1.165) is 15.2 Å². The number of rotatable bonds is 5. The van der Waals surface area contributed by atoms with Crippen molar-refractivity contribution in [3.8, 4) is 0 Å². The smallest absolute Gasteiger partial charge is 0.243 e. The number of hydrogen-bond acceptors (Lipinski definition) is 6. The Labute approximate surface area is 187 Å². The minimum Gasteiger partial charge on any atom is -0.344 e. The predicted octanol–water partition coefficient (Wildman–Crippen LogP) is 3.93. The average molecular weight is 511 g/mol. The van der Waals surface area contributed by atoms with Gasteiger partial charge in [-0.2, -0.15) is 8.68 Å². The highest BCUT2D eigenvalue weighted by Gasteiger charge is 2.34. The van der Waals surface area contributed by atoms with Crippen LogP contribution in [0.15, 0.2) is 57.9 Å². The number of nitrogens with zero attached hydrogens (tertiary/aromatic N) is 4. The topological polar surface area (TPSA) is 66.4 Å². The van der Waals surface area contributed by atoms with Crippen LogP contribution in [0.4, 0.5) is 9.52 Å². The van der Waals surface area contributed by atoms with Gasteiger partial charge in [0, 0.05) is 48.1 Å². The van der Waals surface area contributed by atoms with Crippen LogP contribution in [0.2, 0.25) is 0 Å². The van der Waals surface area contributed by atoms with Crippen LogP contribution in [0.5, 0.6) is 0 Å². The maximum absolute atomic E-state index is 13.1. The zero-order valence-corrected chi connectivity index (χ0v) is 19.4. The molecule has 0 radical (unpaired) electrons. The number of halogens is 2. The van der Waals surface area contributed by atoms with Crippen molar-refractivity contribution >= 4 is 42.6 Å². The minimum absolute atomic E-state index is 0.197. The monoisotopic (exact) mass is 510 g/mol. The van der Waals surface area contributed by atoms with E-state index in [-0.39, 0.29) is 11.9 Å². The van der Waals surface area contributed by atoms with Crippen LogP contribution in [-0.4, -0.2) is 47.8 Å². The molecule has 0 bridgehead atoms. The van der Waals surface area contributed by atoms with Crippen molar-refractivity contribution in [3.63, 3.8) is 0 Å². The summed E-state index contributed by atoms with van der Waals surface area (Å²) >= 11 is 4.64. The first-order valence-electron chi connectivity index (χ1n) is 9.42. The van der Waals surface area contributed by atoms with Gasteiger partial charge in [-0.1, -0.05) is 28.1 Å². The van der Waals surface area contributed by atoms with Gasteiger partial charge in [0.1, 0.15) is 11.6 Å². The van der Waals surface area contributed by atoms with Gasteiger partial charge < -0.3 is 4.90 Å². The Hall–Kier alpha value is -1.88. The molecule has 1 unspecified atom stereocenters. The molecule has 1 aromatic heterocycles. The standard InChI is InChI=1S/C20H20BrFN4O2S2/c1-14-13-25(10-11-26(14)30(27,28)18-8-4-16(21)5-9-18)20-23-19(24-29-20)12-15-2-6-17(22)7-3-15/h2-9,14H,10-13H2,1H3. The third-order valence-electron chi connectivity index (χ3n) is 4.99. The molecule has 1 atom stereocenters. The van der Waals surface area contributed by atoms with Crippen molar-refractivity contribution in [2.45, 2.75) is 24.3 Å². The molecule has 3 aromatic rings. The number of benzene rings is 2. The molecular weight excluding hydrogens is 491 g/mol. The Morgan fingerprint density at radius 1 is 1.13 bits per heavy atom. The van der Waals surface area contributed by atoms with Crippen LogP contribution in [0, 0.1) is 5.82 Å². The van der Waals surface area contributed by atoms with Gasteiger partial charge in [-0.05, 0) is 48.9 Å². The van der Waals surface area contributed by atoms with Gasteiger partial charge in [-0.15, -0.1) is 0 Å². The van der Waals surface area contributed by atoms with Gasteiger partial charge in [0.05, 0.1) is 4.90 Å². The summed E-state index contributed by atoms with van der Waals surface area (Å²) in [7, 11) is -3.55. The fourth-order valence-electron chi connectivity index (χ4n) is 3.44. The third-order valence-corrected chi connectivity index (χ3v) is 8.36. The largest absolute Gasteiger partial charge is 0.344 e. The quantitative estimate of drug-likeness (QED) is 0.520. The zero-order valence-electron chi connectivity index (χ0n) is 16.2. The van der Waals surface area contributed by atoms with Gasteiger partial charge in [-0.25, -0.2) is 17.8 Å². The fraction of sp³-hybridized carbons (Fsp3) is 0.300. The molecule has 2 heterocycles. The van der Waals surface area contributed by atoms with E-state index in [2.05, 4.69) is 30.2 Å². The van der Waals surface area contributed by atoms with Crippen molar-refractivity contribution in [3.05, 3.63) is 70.2 Å². The number of aromatic nitrogens is 2. The Morgan fingerprint density at radius 2 is 1.83 bits per heavy atom. The van der Waals surface area contributed by atoms with E-state index in [9.17, 15) is 12.8 Å². The summed E-state index contributed by atoms with van der Waals surface area (Å²) in [5.41, 5.74) is 0.944. The lowest BCUT2D eigenvalue weighted by Crippen LogP contribution is -2.54. The normalized spacial score (nSPS) is 18.0. The summed E-state index contributed by atoms with van der Waals surface area (Å²) < 4.78 is 45.9. The molecule has 6 nitrogen and oxygen atoms in total. The predicted molar refractivity (Wildman–Crippen MR) is 119 cm³/mol. The maximum Gasteiger partial charge on any atom is 0.243 e. The first-order valence-corrected chi connectivity index (χ1v) is 12.4. The summed E-state index contributed by atoms with van der Waals surface area (Å²) in [5, 5.41) is 0.777. The zero-order chi connectivity index (χ0) is 21.3. The average Bonchev–Trinajstić information content (AvgIpc) is 3.18. The first-order chi connectivity index (χ1) is 14.3. The van der Waals surface area contributed by atoms with Crippen LogP contribution in [-0.2, 0) is 16.4 Å². The van der Waals surface area contributed by atoms with Crippen LogP contribution < -0.4 is 4.90 Å². The van der Waals surface area contributed by atoms with Crippen molar-refractivity contribution in [1.29, 1.82) is 0 Å². The molecule has 158 valence electrons. The van der Waals surface area contributed by atoms with Crippen LogP contribution in [0.3, 0.4) is 0 Å². The fourth-order valence-corrected chi connectivity index (χ4v) is 6.04. The molecule has 4 rings (SSSR count). The highest BCUT2D eigenvalue weighted by atomic mass is 79.9. The van der Waals surface area contributed by atoms with Crippen molar-refractivity contribution in [2.24, 2.45) is 0 Å². The second-order valence-corrected chi connectivity index (χ2v) is 10.7. The number of hydrogen-bond donors (Lipinski definition) is 0. The van der Waals surface area contributed by atoms with E-state index in [0.29, 0.717) is 36.8 Å². The van der Waals surface area contributed by atoms with E-state index >= 15 is 0 Å². The maximum atomic E-state index is 13.1. The van der Waals surface area contributed by atoms with Gasteiger partial charge >= 0.3 is 0 Å². The molecule has 2 aromatic carbocycles. The molecule has 30 heavy (non-hydrogen) atoms. The van der Waals surface area contributed by atoms with Crippen LogP contribution in [0.1, 0.15) is 18.3 Å². The lowest BCUT2D eigenvalue weighted by molar-refractivity contribution is 0.306. The molecule has 1 aliphatic rings. The molecule has 0 amide bonds. The number of sulfonamides is 1. The molecular formula is C20H20BrFN4O2S2. The van der Waals surface area contributed by atoms with E-state index in [4.69, 9.17) is 0 Å². The Balaban J connectivity index is 1.44. The highest BCUT2D eigenvalue weighted by molar-refractivity contribution is 9.10. The molecule has 1 fully saturated rings. The molecule has 0 spiro atoms. The molecule has 0 aliphatic carbocycles. The second-order valence-electron chi connectivity index (χ2n) is 7.16. The van der Waals surface area contributed by atoms with Crippen molar-refractivity contribution in [2.75, 3.05) is 24.5 Å². The third kappa shape index (κ3) is 4.56. The van der Waals surface area contributed by atoms with E-state index in [1.54, 1.807) is 40.7 Å². The van der Waals surface area contributed by atoms with Crippen LogP contribution >= 0.6 is 27.5 Å².